The molecule has 0 bridgehead atoms. The van der Waals surface area contributed by atoms with E-state index in [2.05, 4.69) is 28.9 Å². The third kappa shape index (κ3) is 5.42. The Balaban J connectivity index is 2.12. The fourth-order valence-electron chi connectivity index (χ4n) is 4.01. The highest BCUT2D eigenvalue weighted by Crippen LogP contribution is 2.41. The van der Waals surface area contributed by atoms with Gasteiger partial charge in [-0.15, -0.1) is 0 Å². The van der Waals surface area contributed by atoms with Crippen LogP contribution >= 0.6 is 15.9 Å². The van der Waals surface area contributed by atoms with Crippen LogP contribution in [0.3, 0.4) is 0 Å². The lowest BCUT2D eigenvalue weighted by Crippen LogP contribution is -2.06. The van der Waals surface area contributed by atoms with Crippen LogP contribution in [-0.2, 0) is 6.42 Å². The van der Waals surface area contributed by atoms with Crippen LogP contribution in [-0.4, -0.2) is 11.1 Å². The Morgan fingerprint density at radius 1 is 1.03 bits per heavy atom. The number of carbonyl (C=O) groups is 1. The normalized spacial score (nSPS) is 11.6. The Hall–Kier alpha value is -2.90. The van der Waals surface area contributed by atoms with Crippen LogP contribution < -0.4 is 0 Å². The van der Waals surface area contributed by atoms with Crippen molar-refractivity contribution in [3.8, 4) is 28.3 Å². The van der Waals surface area contributed by atoms with Crippen molar-refractivity contribution in [3.63, 3.8) is 0 Å². The molecule has 3 aromatic carbocycles. The second-order valence-corrected chi connectivity index (χ2v) is 8.48. The number of hydrogen-bond acceptors (Lipinski definition) is 2. The average molecular weight is 476 g/mol. The number of rotatable bonds is 9. The van der Waals surface area contributed by atoms with Gasteiger partial charge in [0.05, 0.1) is 11.6 Å². The van der Waals surface area contributed by atoms with Crippen LogP contribution in [0.2, 0.25) is 0 Å². The molecule has 0 amide bonds. The third-order valence-electron chi connectivity index (χ3n) is 5.54. The van der Waals surface area contributed by atoms with Crippen LogP contribution in [0.4, 0.5) is 0 Å². The van der Waals surface area contributed by atoms with Gasteiger partial charge in [0.2, 0.25) is 0 Å². The highest BCUT2D eigenvalue weighted by atomic mass is 79.9. The number of nitriles is 1. The Bertz CT molecular complexity index is 1070. The monoisotopic (exact) mass is 475 g/mol. The molecule has 0 heterocycles. The molecule has 31 heavy (non-hydrogen) atoms. The van der Waals surface area contributed by atoms with E-state index in [4.69, 9.17) is 0 Å². The summed E-state index contributed by atoms with van der Waals surface area (Å²) in [6.07, 6.45) is 4.40. The van der Waals surface area contributed by atoms with Gasteiger partial charge in [-0.05, 0) is 69.9 Å². The van der Waals surface area contributed by atoms with Gasteiger partial charge in [0.1, 0.15) is 0 Å². The Kier molecular flexibility index (Phi) is 8.03. The number of halogens is 1. The molecule has 1 N–H and O–H groups in total. The molecule has 0 spiro atoms. The zero-order chi connectivity index (χ0) is 22.2. The van der Waals surface area contributed by atoms with Gasteiger partial charge in [0.25, 0.3) is 0 Å². The zero-order valence-corrected chi connectivity index (χ0v) is 19.2. The molecule has 0 aliphatic heterocycles. The summed E-state index contributed by atoms with van der Waals surface area (Å²) >= 11 is 3.77. The molecule has 3 aromatic rings. The molecule has 3 nitrogen and oxygen atoms in total. The van der Waals surface area contributed by atoms with Crippen molar-refractivity contribution in [2.75, 3.05) is 0 Å². The molecule has 1 atom stereocenters. The van der Waals surface area contributed by atoms with Gasteiger partial charge in [-0.25, -0.2) is 4.79 Å². The molecule has 0 aliphatic carbocycles. The fourth-order valence-corrected chi connectivity index (χ4v) is 4.87. The number of nitrogens with zero attached hydrogens (tertiary/aromatic N) is 1. The van der Waals surface area contributed by atoms with E-state index in [-0.39, 0.29) is 11.5 Å². The topological polar surface area (TPSA) is 61.1 Å². The van der Waals surface area contributed by atoms with Crippen molar-refractivity contribution < 1.29 is 9.90 Å². The Morgan fingerprint density at radius 3 is 2.19 bits per heavy atom. The van der Waals surface area contributed by atoms with Gasteiger partial charge in [-0.1, -0.05) is 74.0 Å². The molecule has 0 saturated carbocycles. The van der Waals surface area contributed by atoms with Gasteiger partial charge < -0.3 is 5.11 Å². The van der Waals surface area contributed by atoms with Crippen molar-refractivity contribution in [2.45, 2.75) is 39.0 Å². The fraction of sp³-hybridized carbons (Fsp3) is 0.259. The molecule has 0 aromatic heterocycles. The maximum absolute atomic E-state index is 12.2. The zero-order valence-electron chi connectivity index (χ0n) is 17.6. The van der Waals surface area contributed by atoms with Crippen molar-refractivity contribution in [2.24, 2.45) is 5.92 Å². The first-order valence-corrected chi connectivity index (χ1v) is 11.4. The minimum absolute atomic E-state index is 0.0656. The molecule has 0 saturated heterocycles. The van der Waals surface area contributed by atoms with Crippen LogP contribution in [0.15, 0.2) is 71.2 Å². The van der Waals surface area contributed by atoms with E-state index >= 15 is 0 Å². The second-order valence-electron chi connectivity index (χ2n) is 7.68. The average Bonchev–Trinajstić information content (AvgIpc) is 2.80. The molecular weight excluding hydrogens is 450 g/mol. The van der Waals surface area contributed by atoms with E-state index in [1.54, 1.807) is 6.07 Å². The highest BCUT2D eigenvalue weighted by Gasteiger charge is 2.22. The molecule has 0 aliphatic rings. The second kappa shape index (κ2) is 10.9. The number of carboxylic acids is 1. The minimum atomic E-state index is -0.948. The number of aromatic carboxylic acids is 1. The number of hydrogen-bond donors (Lipinski definition) is 1. The maximum Gasteiger partial charge on any atom is 0.336 e. The minimum Gasteiger partial charge on any atom is -0.478 e. The summed E-state index contributed by atoms with van der Waals surface area (Å²) in [5.41, 5.74) is 4.85. The summed E-state index contributed by atoms with van der Waals surface area (Å²) in [6, 6.07) is 23.8. The highest BCUT2D eigenvalue weighted by molar-refractivity contribution is 9.10. The summed E-state index contributed by atoms with van der Waals surface area (Å²) < 4.78 is 0.821. The largest absolute Gasteiger partial charge is 0.478 e. The number of benzene rings is 3. The molecule has 158 valence electrons. The lowest BCUT2D eigenvalue weighted by Gasteiger charge is -2.19. The first kappa shape index (κ1) is 22.8. The van der Waals surface area contributed by atoms with E-state index in [0.717, 1.165) is 58.8 Å². The van der Waals surface area contributed by atoms with Crippen molar-refractivity contribution in [1.82, 2.24) is 0 Å². The predicted molar refractivity (Wildman–Crippen MR) is 129 cm³/mol. The standard InChI is InChI=1S/C27H26BrNO2/c1-2-10-19(18-29)11-9-16-22-23(20-12-5-3-6-13-20)17-24(27(30)31)25(26(22)28)21-14-7-4-8-15-21/h3-8,12-15,17,19H,2,9-11,16H2,1H3,(H,30,31). The van der Waals surface area contributed by atoms with Gasteiger partial charge in [-0.3, -0.25) is 0 Å². The molecule has 1 unspecified atom stereocenters. The van der Waals surface area contributed by atoms with Gasteiger partial charge in [0.15, 0.2) is 0 Å². The van der Waals surface area contributed by atoms with Gasteiger partial charge in [0, 0.05) is 16.0 Å². The predicted octanol–water partition coefficient (Wildman–Crippen LogP) is 7.74. The van der Waals surface area contributed by atoms with Crippen molar-refractivity contribution in [3.05, 3.63) is 82.3 Å². The molecule has 4 heteroatoms. The Labute approximate surface area is 192 Å². The quantitative estimate of drug-likeness (QED) is 0.344. The maximum atomic E-state index is 12.2. The summed E-state index contributed by atoms with van der Waals surface area (Å²) in [7, 11) is 0. The van der Waals surface area contributed by atoms with Crippen LogP contribution in [0.25, 0.3) is 22.3 Å². The molecule has 0 fully saturated rings. The SMILES string of the molecule is CCCC(C#N)CCCc1c(-c2ccccc2)cc(C(=O)O)c(-c2ccccc2)c1Br. The van der Waals surface area contributed by atoms with Crippen LogP contribution in [0.5, 0.6) is 0 Å². The van der Waals surface area contributed by atoms with E-state index < -0.39 is 5.97 Å². The molecule has 0 radical (unpaired) electrons. The first-order chi connectivity index (χ1) is 15.1. The third-order valence-corrected chi connectivity index (χ3v) is 6.42. The Morgan fingerprint density at radius 2 is 1.65 bits per heavy atom. The van der Waals surface area contributed by atoms with Crippen molar-refractivity contribution in [1.29, 1.82) is 5.26 Å². The summed E-state index contributed by atoms with van der Waals surface area (Å²) in [5, 5.41) is 19.4. The van der Waals surface area contributed by atoms with E-state index in [1.165, 1.54) is 0 Å². The van der Waals surface area contributed by atoms with E-state index in [9.17, 15) is 15.2 Å². The molecular formula is C27H26BrNO2. The van der Waals surface area contributed by atoms with E-state index in [1.807, 2.05) is 60.7 Å². The van der Waals surface area contributed by atoms with Crippen LogP contribution in [0, 0.1) is 17.2 Å². The number of carboxylic acid groups (broad SMARTS) is 1. The van der Waals surface area contributed by atoms with Crippen molar-refractivity contribution >= 4 is 21.9 Å². The summed E-state index contributed by atoms with van der Waals surface area (Å²) in [6.45, 7) is 2.10. The van der Waals surface area contributed by atoms with Gasteiger partial charge >= 0.3 is 5.97 Å². The van der Waals surface area contributed by atoms with E-state index in [0.29, 0.717) is 5.56 Å². The van der Waals surface area contributed by atoms with Gasteiger partial charge in [-0.2, -0.15) is 5.26 Å². The van der Waals surface area contributed by atoms with Crippen LogP contribution in [0.1, 0.15) is 48.5 Å². The molecule has 3 rings (SSSR count). The first-order valence-electron chi connectivity index (χ1n) is 10.7. The lowest BCUT2D eigenvalue weighted by atomic mass is 9.87. The summed E-state index contributed by atoms with van der Waals surface area (Å²) in [4.78, 5) is 12.2. The smallest absolute Gasteiger partial charge is 0.336 e. The summed E-state index contributed by atoms with van der Waals surface area (Å²) in [5.74, 6) is -0.883. The lowest BCUT2D eigenvalue weighted by molar-refractivity contribution is 0.0697.